The number of fused-ring (bicyclic) bond motifs is 1. The van der Waals surface area contributed by atoms with E-state index in [2.05, 4.69) is 0 Å². The van der Waals surface area contributed by atoms with Crippen LogP contribution in [-0.2, 0) is 10.2 Å². The second-order valence-corrected chi connectivity index (χ2v) is 5.03. The fraction of sp³-hybridized carbons (Fsp3) is 0.417. The van der Waals surface area contributed by atoms with Crippen molar-refractivity contribution in [2.75, 3.05) is 11.9 Å². The molecule has 1 aliphatic rings. The van der Waals surface area contributed by atoms with Gasteiger partial charge in [-0.25, -0.2) is 0 Å². The van der Waals surface area contributed by atoms with Gasteiger partial charge in [0.15, 0.2) is 0 Å². The zero-order chi connectivity index (χ0) is 13.7. The summed E-state index contributed by atoms with van der Waals surface area (Å²) in [5.41, 5.74) is -0.886. The second-order valence-electron chi connectivity index (χ2n) is 4.62. The summed E-state index contributed by atoms with van der Waals surface area (Å²) in [7, 11) is 1.44. The lowest BCUT2D eigenvalue weighted by Gasteiger charge is -2.24. The van der Waals surface area contributed by atoms with E-state index in [1.54, 1.807) is 12.1 Å². The van der Waals surface area contributed by atoms with E-state index in [0.29, 0.717) is 11.3 Å². The highest BCUT2D eigenvalue weighted by Gasteiger charge is 2.52. The van der Waals surface area contributed by atoms with Gasteiger partial charge in [-0.05, 0) is 18.6 Å². The minimum Gasteiger partial charge on any atom is -0.313 e. The van der Waals surface area contributed by atoms with Gasteiger partial charge in [0.2, 0.25) is 5.91 Å². The third-order valence-corrected chi connectivity index (χ3v) is 3.55. The van der Waals surface area contributed by atoms with Crippen molar-refractivity contribution >= 4 is 23.2 Å². The predicted octanol–water partition coefficient (Wildman–Crippen LogP) is 3.53. The van der Waals surface area contributed by atoms with E-state index >= 15 is 0 Å². The average molecular weight is 278 g/mol. The summed E-state index contributed by atoms with van der Waals surface area (Å²) < 4.78 is 37.9. The normalized spacial score (nSPS) is 23.4. The molecule has 1 heterocycles. The molecule has 2 nitrogen and oxygen atoms in total. The molecule has 0 radical (unpaired) electrons. The molecular weight excluding hydrogens is 267 g/mol. The molecule has 0 saturated carbocycles. The van der Waals surface area contributed by atoms with Crippen LogP contribution in [0.4, 0.5) is 18.9 Å². The Kier molecular flexibility index (Phi) is 2.85. The van der Waals surface area contributed by atoms with Crippen molar-refractivity contribution in [3.63, 3.8) is 0 Å². The fourth-order valence-corrected chi connectivity index (χ4v) is 2.76. The molecule has 0 aliphatic carbocycles. The minimum absolute atomic E-state index is 0.286. The van der Waals surface area contributed by atoms with Crippen LogP contribution in [0.3, 0.4) is 0 Å². The van der Waals surface area contributed by atoms with Gasteiger partial charge in [-0.2, -0.15) is 13.2 Å². The molecule has 1 atom stereocenters. The smallest absolute Gasteiger partial charge is 0.313 e. The summed E-state index contributed by atoms with van der Waals surface area (Å²) >= 11 is 5.95. The molecule has 0 saturated heterocycles. The van der Waals surface area contributed by atoms with Gasteiger partial charge in [-0.15, -0.1) is 0 Å². The number of hydrogen-bond donors (Lipinski definition) is 0. The Morgan fingerprint density at radius 3 is 2.56 bits per heavy atom. The molecule has 2 rings (SSSR count). The number of carbonyl (C=O) groups is 1. The Labute approximate surface area is 107 Å². The predicted molar refractivity (Wildman–Crippen MR) is 62.9 cm³/mol. The van der Waals surface area contributed by atoms with Gasteiger partial charge in [0.25, 0.3) is 0 Å². The molecule has 6 heteroatoms. The van der Waals surface area contributed by atoms with Crippen molar-refractivity contribution in [3.8, 4) is 0 Å². The Hall–Kier alpha value is -1.23. The van der Waals surface area contributed by atoms with E-state index in [4.69, 9.17) is 11.6 Å². The first-order valence-corrected chi connectivity index (χ1v) is 5.68. The molecule has 1 aromatic rings. The second kappa shape index (κ2) is 3.88. The molecule has 0 N–H and O–H groups in total. The van der Waals surface area contributed by atoms with Gasteiger partial charge in [0.05, 0.1) is 22.5 Å². The van der Waals surface area contributed by atoms with E-state index in [0.717, 1.165) is 0 Å². The van der Waals surface area contributed by atoms with Crippen molar-refractivity contribution < 1.29 is 18.0 Å². The monoisotopic (exact) mass is 277 g/mol. The summed E-state index contributed by atoms with van der Waals surface area (Å²) in [6.07, 6.45) is -5.59. The summed E-state index contributed by atoms with van der Waals surface area (Å²) in [6, 6.07) is 4.64. The third kappa shape index (κ3) is 1.86. The molecule has 98 valence electrons. The fourth-order valence-electron chi connectivity index (χ4n) is 2.46. The van der Waals surface area contributed by atoms with E-state index in [1.165, 1.54) is 24.9 Å². The van der Waals surface area contributed by atoms with Crippen molar-refractivity contribution in [2.45, 2.75) is 24.9 Å². The van der Waals surface area contributed by atoms with E-state index in [-0.39, 0.29) is 5.02 Å². The van der Waals surface area contributed by atoms with Gasteiger partial charge < -0.3 is 4.90 Å². The first-order valence-electron chi connectivity index (χ1n) is 5.31. The first-order chi connectivity index (χ1) is 8.17. The van der Waals surface area contributed by atoms with Gasteiger partial charge in [-0.3, -0.25) is 4.79 Å². The van der Waals surface area contributed by atoms with E-state index < -0.39 is 23.9 Å². The maximum absolute atomic E-state index is 12.6. The maximum atomic E-state index is 12.6. The summed E-state index contributed by atoms with van der Waals surface area (Å²) in [4.78, 5) is 13.3. The van der Waals surface area contributed by atoms with Gasteiger partial charge in [0.1, 0.15) is 0 Å². The number of amides is 1. The number of anilines is 1. The summed E-state index contributed by atoms with van der Waals surface area (Å²) in [6.45, 7) is 1.31. The lowest BCUT2D eigenvalue weighted by atomic mass is 9.80. The van der Waals surface area contributed by atoms with Crippen LogP contribution in [0.2, 0.25) is 5.02 Å². The number of nitrogens with zero attached hydrogens (tertiary/aromatic N) is 1. The van der Waals surface area contributed by atoms with Gasteiger partial charge in [0, 0.05) is 7.05 Å². The van der Waals surface area contributed by atoms with Crippen LogP contribution in [0, 0.1) is 0 Å². The van der Waals surface area contributed by atoms with Crippen molar-refractivity contribution in [3.05, 3.63) is 28.8 Å². The summed E-state index contributed by atoms with van der Waals surface area (Å²) in [5.74, 6) is -0.581. The zero-order valence-corrected chi connectivity index (χ0v) is 10.6. The number of alkyl halides is 3. The molecule has 18 heavy (non-hydrogen) atoms. The largest absolute Gasteiger partial charge is 0.390 e. The molecule has 1 amide bonds. The number of carbonyl (C=O) groups excluding carboxylic acids is 1. The molecule has 0 aromatic heterocycles. The zero-order valence-electron chi connectivity index (χ0n) is 9.81. The highest BCUT2D eigenvalue weighted by Crippen LogP contribution is 2.49. The molecule has 0 bridgehead atoms. The lowest BCUT2D eigenvalue weighted by molar-refractivity contribution is -0.154. The van der Waals surface area contributed by atoms with Crippen molar-refractivity contribution in [2.24, 2.45) is 0 Å². The Morgan fingerprint density at radius 1 is 1.39 bits per heavy atom. The highest BCUT2D eigenvalue weighted by atomic mass is 35.5. The molecule has 1 aromatic carbocycles. The van der Waals surface area contributed by atoms with E-state index in [1.807, 2.05) is 0 Å². The molecule has 1 aliphatic heterocycles. The van der Waals surface area contributed by atoms with Crippen LogP contribution in [0.5, 0.6) is 0 Å². The minimum atomic E-state index is -4.41. The molecule has 0 spiro atoms. The number of likely N-dealkylation sites (N-methyl/N-ethyl adjacent to an activating group) is 1. The number of benzene rings is 1. The molecular formula is C12H11ClF3NO. The van der Waals surface area contributed by atoms with Crippen molar-refractivity contribution in [1.82, 2.24) is 0 Å². The Morgan fingerprint density at radius 2 is 2.00 bits per heavy atom. The molecule has 0 fully saturated rings. The summed E-state index contributed by atoms with van der Waals surface area (Å²) in [5, 5.41) is 0.286. The average Bonchev–Trinajstić information content (AvgIpc) is 2.40. The van der Waals surface area contributed by atoms with Crippen LogP contribution < -0.4 is 4.90 Å². The maximum Gasteiger partial charge on any atom is 0.390 e. The van der Waals surface area contributed by atoms with Crippen LogP contribution in [0.15, 0.2) is 18.2 Å². The van der Waals surface area contributed by atoms with Crippen molar-refractivity contribution in [1.29, 1.82) is 0 Å². The SMILES string of the molecule is CN1C(=O)[C@@](C)(CC(F)(F)F)c2cccc(Cl)c21. The quantitative estimate of drug-likeness (QED) is 0.769. The van der Waals surface area contributed by atoms with E-state index in [9.17, 15) is 18.0 Å². The van der Waals surface area contributed by atoms with Crippen LogP contribution in [-0.4, -0.2) is 19.1 Å². The number of halogens is 4. The van der Waals surface area contributed by atoms with Gasteiger partial charge >= 0.3 is 6.18 Å². The van der Waals surface area contributed by atoms with Gasteiger partial charge in [-0.1, -0.05) is 23.7 Å². The third-order valence-electron chi connectivity index (χ3n) is 3.25. The Bertz CT molecular complexity index is 515. The number of rotatable bonds is 1. The number of para-hydroxylation sites is 1. The lowest BCUT2D eigenvalue weighted by Crippen LogP contribution is -2.39. The topological polar surface area (TPSA) is 20.3 Å². The standard InChI is InChI=1S/C12H11ClF3NO/c1-11(6-12(14,15)16)7-4-3-5-8(13)9(7)17(2)10(11)18/h3-5H,6H2,1-2H3/t11-/m0/s1. The Balaban J connectivity index is 2.59. The van der Waals surface area contributed by atoms with Crippen LogP contribution >= 0.6 is 11.6 Å². The van der Waals surface area contributed by atoms with Crippen LogP contribution in [0.1, 0.15) is 18.9 Å². The first kappa shape index (κ1) is 13.2. The van der Waals surface area contributed by atoms with Crippen LogP contribution in [0.25, 0.3) is 0 Å². The molecule has 0 unspecified atom stereocenters. The highest BCUT2D eigenvalue weighted by molar-refractivity contribution is 6.35. The number of hydrogen-bond acceptors (Lipinski definition) is 1.